The topological polar surface area (TPSA) is 76.8 Å². The smallest absolute Gasteiger partial charge is 0.409 e. The Morgan fingerprint density at radius 3 is 1.93 bits per heavy atom. The van der Waals surface area contributed by atoms with E-state index in [2.05, 4.69) is 36.1 Å². The van der Waals surface area contributed by atoms with E-state index in [-0.39, 0.29) is 36.4 Å². The molecular weight excluding hydrogens is 504 g/mol. The number of amides is 1. The Bertz CT molecular complexity index is 1460. The van der Waals surface area contributed by atoms with E-state index in [1.807, 2.05) is 54.6 Å². The predicted molar refractivity (Wildman–Crippen MR) is 155 cm³/mol. The summed E-state index contributed by atoms with van der Waals surface area (Å²) in [6.45, 7) is 6.25. The van der Waals surface area contributed by atoms with Crippen LogP contribution in [-0.2, 0) is 17.8 Å². The third-order valence-corrected chi connectivity index (χ3v) is 7.71. The van der Waals surface area contributed by atoms with Crippen LogP contribution in [0.25, 0.3) is 11.0 Å². The molecule has 0 bridgehead atoms. The molecule has 0 saturated carbocycles. The number of likely N-dealkylation sites (tertiary alicyclic amines) is 1. The van der Waals surface area contributed by atoms with Crippen LogP contribution in [0.4, 0.5) is 4.79 Å². The van der Waals surface area contributed by atoms with Crippen LogP contribution in [0.3, 0.4) is 0 Å². The first kappa shape index (κ1) is 27.4. The summed E-state index contributed by atoms with van der Waals surface area (Å²) in [4.78, 5) is 42.4. The first-order chi connectivity index (χ1) is 19.4. The summed E-state index contributed by atoms with van der Waals surface area (Å²) in [6, 6.07) is 27.9. The Balaban J connectivity index is 1.20. The van der Waals surface area contributed by atoms with Gasteiger partial charge in [0, 0.05) is 45.2 Å². The van der Waals surface area contributed by atoms with Crippen molar-refractivity contribution in [2.24, 2.45) is 0 Å². The van der Waals surface area contributed by atoms with Crippen LogP contribution < -0.4 is 5.69 Å². The van der Waals surface area contributed by atoms with Gasteiger partial charge in [-0.1, -0.05) is 72.8 Å². The molecule has 0 radical (unpaired) electrons. The van der Waals surface area contributed by atoms with Crippen LogP contribution >= 0.6 is 0 Å². The highest BCUT2D eigenvalue weighted by atomic mass is 16.6. The fraction of sp³-hybridized carbons (Fsp3) is 0.344. The molecular formula is C32H36N4O4. The summed E-state index contributed by atoms with van der Waals surface area (Å²) in [5.74, 6) is -0.302. The molecule has 1 atom stereocenters. The van der Waals surface area contributed by atoms with E-state index in [1.165, 1.54) is 22.6 Å². The molecule has 5 rings (SSSR count). The molecule has 1 aliphatic heterocycles. The standard InChI is InChI=1S/C32H36N4O4/c1-24(34(21-26-11-5-3-6-12-26)22-27-13-7-4-8-14-27)23-40-32(39)33-19-17-28(18-20-33)36-30-16-10-9-15-29(30)35(25(2)37)31(36)38/h3-16,24,28H,17-23H2,1-2H3/t24-/m0/s1. The van der Waals surface area contributed by atoms with E-state index in [4.69, 9.17) is 4.74 Å². The molecule has 208 valence electrons. The lowest BCUT2D eigenvalue weighted by Crippen LogP contribution is -2.43. The maximum Gasteiger partial charge on any atom is 0.409 e. The maximum absolute atomic E-state index is 13.1. The van der Waals surface area contributed by atoms with Gasteiger partial charge in [0.2, 0.25) is 5.91 Å². The molecule has 0 N–H and O–H groups in total. The minimum atomic E-state index is -0.330. The molecule has 0 aliphatic carbocycles. The van der Waals surface area contributed by atoms with Crippen molar-refractivity contribution in [3.63, 3.8) is 0 Å². The minimum absolute atomic E-state index is 0.0122. The SMILES string of the molecule is CC(=O)n1c(=O)n(C2CCN(C(=O)OC[C@H](C)N(Cc3ccccc3)Cc3ccccc3)CC2)c2ccccc21. The van der Waals surface area contributed by atoms with Gasteiger partial charge in [-0.25, -0.2) is 14.2 Å². The van der Waals surface area contributed by atoms with Crippen LogP contribution in [0.1, 0.15) is 48.7 Å². The normalized spacial score (nSPS) is 14.9. The number of ether oxygens (including phenoxy) is 1. The highest BCUT2D eigenvalue weighted by Crippen LogP contribution is 2.26. The molecule has 1 amide bonds. The largest absolute Gasteiger partial charge is 0.448 e. The summed E-state index contributed by atoms with van der Waals surface area (Å²) >= 11 is 0. The Labute approximate surface area is 234 Å². The number of benzene rings is 3. The molecule has 3 aromatic carbocycles. The molecule has 0 spiro atoms. The summed E-state index contributed by atoms with van der Waals surface area (Å²) < 4.78 is 8.74. The van der Waals surface area contributed by atoms with Gasteiger partial charge in [-0.2, -0.15) is 0 Å². The average Bonchev–Trinajstić information content (AvgIpc) is 3.28. The van der Waals surface area contributed by atoms with Crippen LogP contribution in [0.2, 0.25) is 0 Å². The third kappa shape index (κ3) is 6.02. The number of hydrogen-bond acceptors (Lipinski definition) is 5. The van der Waals surface area contributed by atoms with Crippen molar-refractivity contribution in [2.75, 3.05) is 19.7 Å². The Kier molecular flexibility index (Phi) is 8.45. The number of para-hydroxylation sites is 2. The van der Waals surface area contributed by atoms with Crippen LogP contribution in [0.15, 0.2) is 89.7 Å². The highest BCUT2D eigenvalue weighted by Gasteiger charge is 2.29. The predicted octanol–water partition coefficient (Wildman–Crippen LogP) is 5.33. The number of piperidine rings is 1. The number of rotatable bonds is 8. The zero-order chi connectivity index (χ0) is 28.1. The monoisotopic (exact) mass is 540 g/mol. The number of nitrogens with zero attached hydrogens (tertiary/aromatic N) is 4. The molecule has 0 unspecified atom stereocenters. The second-order valence-corrected chi connectivity index (χ2v) is 10.5. The average molecular weight is 541 g/mol. The van der Waals surface area contributed by atoms with E-state index in [9.17, 15) is 14.4 Å². The van der Waals surface area contributed by atoms with E-state index < -0.39 is 0 Å². The molecule has 1 aromatic heterocycles. The molecule has 4 aromatic rings. The quantitative estimate of drug-likeness (QED) is 0.302. The van der Waals surface area contributed by atoms with Gasteiger partial charge in [-0.3, -0.25) is 14.3 Å². The molecule has 8 nitrogen and oxygen atoms in total. The van der Waals surface area contributed by atoms with Crippen LogP contribution in [0, 0.1) is 0 Å². The van der Waals surface area contributed by atoms with Gasteiger partial charge >= 0.3 is 11.8 Å². The second-order valence-electron chi connectivity index (χ2n) is 10.5. The van der Waals surface area contributed by atoms with Crippen LogP contribution in [0.5, 0.6) is 0 Å². The van der Waals surface area contributed by atoms with Gasteiger partial charge in [0.05, 0.1) is 11.0 Å². The zero-order valence-corrected chi connectivity index (χ0v) is 23.1. The lowest BCUT2D eigenvalue weighted by Gasteiger charge is -2.33. The van der Waals surface area contributed by atoms with Gasteiger partial charge < -0.3 is 9.64 Å². The summed E-state index contributed by atoms with van der Waals surface area (Å²) in [5, 5.41) is 0. The summed E-state index contributed by atoms with van der Waals surface area (Å²) in [7, 11) is 0. The van der Waals surface area contributed by atoms with Gasteiger partial charge in [0.15, 0.2) is 0 Å². The lowest BCUT2D eigenvalue weighted by molar-refractivity contribution is 0.0567. The van der Waals surface area contributed by atoms with Crippen LogP contribution in [-0.4, -0.2) is 56.7 Å². The van der Waals surface area contributed by atoms with Crippen molar-refractivity contribution in [1.82, 2.24) is 18.9 Å². The molecule has 1 aliphatic rings. The number of aromatic nitrogens is 2. The Hall–Kier alpha value is -4.17. The summed E-state index contributed by atoms with van der Waals surface area (Å²) in [5.41, 5.74) is 3.46. The van der Waals surface area contributed by atoms with Crippen molar-refractivity contribution >= 4 is 23.0 Å². The van der Waals surface area contributed by atoms with Crippen molar-refractivity contribution in [3.8, 4) is 0 Å². The molecule has 8 heteroatoms. The Morgan fingerprint density at radius 1 is 0.850 bits per heavy atom. The van der Waals surface area contributed by atoms with Crippen molar-refractivity contribution < 1.29 is 14.3 Å². The number of hydrogen-bond donors (Lipinski definition) is 0. The molecule has 40 heavy (non-hydrogen) atoms. The molecule has 2 heterocycles. The first-order valence-electron chi connectivity index (χ1n) is 13.9. The van der Waals surface area contributed by atoms with Gasteiger partial charge in [0.25, 0.3) is 0 Å². The minimum Gasteiger partial charge on any atom is -0.448 e. The van der Waals surface area contributed by atoms with Crippen molar-refractivity contribution in [2.45, 2.75) is 51.9 Å². The number of carbonyl (C=O) groups is 2. The van der Waals surface area contributed by atoms with Crippen molar-refractivity contribution in [3.05, 3.63) is 107 Å². The van der Waals surface area contributed by atoms with Gasteiger partial charge in [-0.15, -0.1) is 0 Å². The fourth-order valence-corrected chi connectivity index (χ4v) is 5.53. The van der Waals surface area contributed by atoms with Gasteiger partial charge in [-0.05, 0) is 43.0 Å². The number of imidazole rings is 1. The van der Waals surface area contributed by atoms with E-state index in [1.54, 1.807) is 15.5 Å². The highest BCUT2D eigenvalue weighted by molar-refractivity contribution is 5.89. The summed E-state index contributed by atoms with van der Waals surface area (Å²) in [6.07, 6.45) is 0.901. The first-order valence-corrected chi connectivity index (χ1v) is 13.9. The molecule has 1 saturated heterocycles. The number of carbonyl (C=O) groups excluding carboxylic acids is 2. The van der Waals surface area contributed by atoms with E-state index >= 15 is 0 Å². The second kappa shape index (κ2) is 12.3. The lowest BCUT2D eigenvalue weighted by atomic mass is 10.0. The third-order valence-electron chi connectivity index (χ3n) is 7.71. The van der Waals surface area contributed by atoms with Crippen molar-refractivity contribution in [1.29, 1.82) is 0 Å². The molecule has 1 fully saturated rings. The zero-order valence-electron chi connectivity index (χ0n) is 23.1. The Morgan fingerprint density at radius 2 is 1.38 bits per heavy atom. The maximum atomic E-state index is 13.1. The number of fused-ring (bicyclic) bond motifs is 1. The fourth-order valence-electron chi connectivity index (χ4n) is 5.53. The van der Waals surface area contributed by atoms with E-state index in [0.29, 0.717) is 31.4 Å². The van der Waals surface area contributed by atoms with Gasteiger partial charge in [0.1, 0.15) is 6.61 Å². The van der Waals surface area contributed by atoms with E-state index in [0.717, 1.165) is 18.6 Å².